The third kappa shape index (κ3) is 4.79. The standard InChI is InChI=1S/C21H26N4O/c1-22-21(24-16-18-8-6-10-20(14-18)26-2)23-15-17-7-5-9-19(13-17)25-11-3-4-12-25/h3-10,13-14H,11-12,15-16H2,1-2H3,(H2,22,23,24). The minimum Gasteiger partial charge on any atom is -0.497 e. The normalized spacial score (nSPS) is 13.8. The Morgan fingerprint density at radius 2 is 1.65 bits per heavy atom. The number of aliphatic imine (C=N–C) groups is 1. The molecule has 0 aromatic heterocycles. The Morgan fingerprint density at radius 3 is 2.31 bits per heavy atom. The number of nitrogens with zero attached hydrogens (tertiary/aromatic N) is 2. The van der Waals surface area contributed by atoms with E-state index in [4.69, 9.17) is 4.74 Å². The predicted molar refractivity (Wildman–Crippen MR) is 108 cm³/mol. The van der Waals surface area contributed by atoms with Crippen molar-refractivity contribution in [1.29, 1.82) is 0 Å². The Balaban J connectivity index is 1.53. The van der Waals surface area contributed by atoms with Gasteiger partial charge in [0.05, 0.1) is 7.11 Å². The highest BCUT2D eigenvalue weighted by atomic mass is 16.5. The Hall–Kier alpha value is -2.95. The monoisotopic (exact) mass is 350 g/mol. The molecule has 0 unspecified atom stereocenters. The smallest absolute Gasteiger partial charge is 0.191 e. The van der Waals surface area contributed by atoms with Gasteiger partial charge in [-0.1, -0.05) is 36.4 Å². The molecule has 1 aliphatic rings. The van der Waals surface area contributed by atoms with E-state index in [0.29, 0.717) is 6.54 Å². The van der Waals surface area contributed by atoms with Gasteiger partial charge < -0.3 is 20.3 Å². The van der Waals surface area contributed by atoms with E-state index in [9.17, 15) is 0 Å². The molecule has 26 heavy (non-hydrogen) atoms. The second kappa shape index (κ2) is 8.94. The van der Waals surface area contributed by atoms with Crippen molar-refractivity contribution in [1.82, 2.24) is 10.6 Å². The summed E-state index contributed by atoms with van der Waals surface area (Å²) >= 11 is 0. The maximum absolute atomic E-state index is 5.26. The number of guanidine groups is 1. The average molecular weight is 350 g/mol. The van der Waals surface area contributed by atoms with Crippen LogP contribution in [-0.2, 0) is 13.1 Å². The molecule has 0 saturated heterocycles. The molecule has 5 nitrogen and oxygen atoms in total. The minimum absolute atomic E-state index is 0.691. The quantitative estimate of drug-likeness (QED) is 0.478. The van der Waals surface area contributed by atoms with Gasteiger partial charge in [0.15, 0.2) is 5.96 Å². The van der Waals surface area contributed by atoms with E-state index in [-0.39, 0.29) is 0 Å². The number of rotatable bonds is 6. The van der Waals surface area contributed by atoms with Gasteiger partial charge in [-0.3, -0.25) is 4.99 Å². The van der Waals surface area contributed by atoms with Gasteiger partial charge in [-0.15, -0.1) is 0 Å². The second-order valence-corrected chi connectivity index (χ2v) is 6.18. The van der Waals surface area contributed by atoms with E-state index in [1.807, 2.05) is 18.2 Å². The third-order valence-electron chi connectivity index (χ3n) is 4.37. The number of hydrogen-bond acceptors (Lipinski definition) is 3. The molecule has 0 fully saturated rings. The van der Waals surface area contributed by atoms with Crippen LogP contribution in [0.15, 0.2) is 65.7 Å². The van der Waals surface area contributed by atoms with Gasteiger partial charge in [0.1, 0.15) is 5.75 Å². The molecule has 0 spiro atoms. The Bertz CT molecular complexity index is 777. The molecule has 2 N–H and O–H groups in total. The van der Waals surface area contributed by atoms with Crippen LogP contribution in [0.3, 0.4) is 0 Å². The van der Waals surface area contributed by atoms with E-state index < -0.39 is 0 Å². The van der Waals surface area contributed by atoms with Crippen LogP contribution in [0.2, 0.25) is 0 Å². The molecular weight excluding hydrogens is 324 g/mol. The molecule has 5 heteroatoms. The summed E-state index contributed by atoms with van der Waals surface area (Å²) in [5, 5.41) is 6.72. The van der Waals surface area contributed by atoms with Gasteiger partial charge in [0, 0.05) is 38.9 Å². The fourth-order valence-electron chi connectivity index (χ4n) is 2.93. The molecule has 0 atom stereocenters. The second-order valence-electron chi connectivity index (χ2n) is 6.18. The van der Waals surface area contributed by atoms with Crippen molar-refractivity contribution in [3.8, 4) is 5.75 Å². The highest BCUT2D eigenvalue weighted by molar-refractivity contribution is 5.79. The van der Waals surface area contributed by atoms with Gasteiger partial charge in [0.2, 0.25) is 0 Å². The maximum atomic E-state index is 5.26. The largest absolute Gasteiger partial charge is 0.497 e. The van der Waals surface area contributed by atoms with Crippen LogP contribution in [0.1, 0.15) is 11.1 Å². The van der Waals surface area contributed by atoms with Crippen molar-refractivity contribution >= 4 is 11.6 Å². The van der Waals surface area contributed by atoms with Gasteiger partial charge >= 0.3 is 0 Å². The SMILES string of the molecule is CN=C(NCc1cccc(OC)c1)NCc1cccc(N2CC=CC2)c1. The number of hydrogen-bond donors (Lipinski definition) is 2. The number of anilines is 1. The fourth-order valence-corrected chi connectivity index (χ4v) is 2.93. The molecule has 3 rings (SSSR count). The number of benzene rings is 2. The molecule has 2 aromatic carbocycles. The van der Waals surface area contributed by atoms with Crippen molar-refractivity contribution in [3.63, 3.8) is 0 Å². The third-order valence-corrected chi connectivity index (χ3v) is 4.37. The lowest BCUT2D eigenvalue weighted by atomic mass is 10.2. The summed E-state index contributed by atoms with van der Waals surface area (Å²) in [5.41, 5.74) is 3.64. The first-order chi connectivity index (χ1) is 12.8. The minimum atomic E-state index is 0.691. The topological polar surface area (TPSA) is 48.9 Å². The van der Waals surface area contributed by atoms with E-state index in [1.54, 1.807) is 14.2 Å². The number of ether oxygens (including phenoxy) is 1. The Kier molecular flexibility index (Phi) is 6.14. The van der Waals surface area contributed by atoms with E-state index >= 15 is 0 Å². The zero-order chi connectivity index (χ0) is 18.2. The summed E-state index contributed by atoms with van der Waals surface area (Å²) in [6.07, 6.45) is 4.41. The van der Waals surface area contributed by atoms with Crippen molar-refractivity contribution in [3.05, 3.63) is 71.8 Å². The first-order valence-corrected chi connectivity index (χ1v) is 8.85. The highest BCUT2D eigenvalue weighted by Crippen LogP contribution is 2.18. The first kappa shape index (κ1) is 17.9. The molecule has 0 radical (unpaired) electrons. The van der Waals surface area contributed by atoms with Crippen molar-refractivity contribution in [2.45, 2.75) is 13.1 Å². The summed E-state index contributed by atoms with van der Waals surface area (Å²) < 4.78 is 5.26. The zero-order valence-corrected chi connectivity index (χ0v) is 15.4. The van der Waals surface area contributed by atoms with Crippen LogP contribution in [-0.4, -0.2) is 33.2 Å². The van der Waals surface area contributed by atoms with Crippen LogP contribution in [0.5, 0.6) is 5.75 Å². The van der Waals surface area contributed by atoms with Crippen molar-refractivity contribution in [2.24, 2.45) is 4.99 Å². The highest BCUT2D eigenvalue weighted by Gasteiger charge is 2.08. The average Bonchev–Trinajstić information content (AvgIpc) is 3.23. The molecule has 1 aliphatic heterocycles. The summed E-state index contributed by atoms with van der Waals surface area (Å²) in [7, 11) is 3.46. The lowest BCUT2D eigenvalue weighted by Crippen LogP contribution is -2.36. The Morgan fingerprint density at radius 1 is 1.00 bits per heavy atom. The summed E-state index contributed by atoms with van der Waals surface area (Å²) in [4.78, 5) is 6.65. The van der Waals surface area contributed by atoms with Gasteiger partial charge in [-0.2, -0.15) is 0 Å². The lowest BCUT2D eigenvalue weighted by Gasteiger charge is -2.19. The van der Waals surface area contributed by atoms with E-state index in [1.165, 1.54) is 11.3 Å². The van der Waals surface area contributed by atoms with Crippen LogP contribution in [0, 0.1) is 0 Å². The van der Waals surface area contributed by atoms with Gasteiger partial charge in [-0.05, 0) is 35.4 Å². The van der Waals surface area contributed by atoms with Crippen LogP contribution < -0.4 is 20.3 Å². The maximum Gasteiger partial charge on any atom is 0.191 e. The molecule has 136 valence electrons. The zero-order valence-electron chi connectivity index (χ0n) is 15.4. The molecule has 0 bridgehead atoms. The van der Waals surface area contributed by atoms with E-state index in [0.717, 1.165) is 36.9 Å². The molecular formula is C21H26N4O. The van der Waals surface area contributed by atoms with Gasteiger partial charge in [-0.25, -0.2) is 0 Å². The van der Waals surface area contributed by atoms with Crippen LogP contribution >= 0.6 is 0 Å². The summed E-state index contributed by atoms with van der Waals surface area (Å²) in [6.45, 7) is 3.39. The summed E-state index contributed by atoms with van der Waals surface area (Å²) in [5.74, 6) is 1.64. The van der Waals surface area contributed by atoms with Crippen molar-refractivity contribution in [2.75, 3.05) is 32.1 Å². The van der Waals surface area contributed by atoms with Crippen molar-refractivity contribution < 1.29 is 4.74 Å². The van der Waals surface area contributed by atoms with Crippen LogP contribution in [0.4, 0.5) is 5.69 Å². The first-order valence-electron chi connectivity index (χ1n) is 8.85. The van der Waals surface area contributed by atoms with E-state index in [2.05, 4.69) is 63.0 Å². The fraction of sp³-hybridized carbons (Fsp3) is 0.286. The molecule has 0 saturated carbocycles. The molecule has 0 amide bonds. The number of methoxy groups -OCH3 is 1. The lowest BCUT2D eigenvalue weighted by molar-refractivity contribution is 0.414. The summed E-state index contributed by atoms with van der Waals surface area (Å²) in [6, 6.07) is 16.7. The molecule has 0 aliphatic carbocycles. The predicted octanol–water partition coefficient (Wildman–Crippen LogP) is 2.94. The molecule has 2 aromatic rings. The molecule has 1 heterocycles. The Labute approximate surface area is 155 Å². The van der Waals surface area contributed by atoms with Gasteiger partial charge in [0.25, 0.3) is 0 Å². The number of nitrogens with one attached hydrogen (secondary N) is 2. The van der Waals surface area contributed by atoms with Crippen LogP contribution in [0.25, 0.3) is 0 Å².